The van der Waals surface area contributed by atoms with Gasteiger partial charge in [-0.05, 0) is 25.2 Å². The standard InChI is InChI=1S/C14H30N2/c1-6-12(4)14-10-16(8-7-15-14)13(5)9-11(2)3/h11-15H,6-10H2,1-5H3. The molecule has 0 amide bonds. The molecule has 0 radical (unpaired) electrons. The van der Waals surface area contributed by atoms with E-state index >= 15 is 0 Å². The number of hydrogen-bond acceptors (Lipinski definition) is 2. The highest BCUT2D eigenvalue weighted by Gasteiger charge is 2.25. The van der Waals surface area contributed by atoms with E-state index in [1.165, 1.54) is 25.9 Å². The van der Waals surface area contributed by atoms with Gasteiger partial charge in [0.05, 0.1) is 0 Å². The van der Waals surface area contributed by atoms with Crippen molar-refractivity contribution in [2.45, 2.75) is 59.5 Å². The monoisotopic (exact) mass is 226 g/mol. The molecule has 0 saturated carbocycles. The van der Waals surface area contributed by atoms with Crippen molar-refractivity contribution in [2.75, 3.05) is 19.6 Å². The van der Waals surface area contributed by atoms with Crippen molar-refractivity contribution in [2.24, 2.45) is 11.8 Å². The minimum absolute atomic E-state index is 0.702. The molecule has 0 aromatic heterocycles. The summed E-state index contributed by atoms with van der Waals surface area (Å²) in [7, 11) is 0. The number of nitrogens with zero attached hydrogens (tertiary/aromatic N) is 1. The molecular formula is C14H30N2. The van der Waals surface area contributed by atoms with Gasteiger partial charge in [0.1, 0.15) is 0 Å². The summed E-state index contributed by atoms with van der Waals surface area (Å²) >= 11 is 0. The summed E-state index contributed by atoms with van der Waals surface area (Å²) in [5, 5.41) is 3.67. The van der Waals surface area contributed by atoms with Crippen LogP contribution in [0.25, 0.3) is 0 Å². The van der Waals surface area contributed by atoms with Crippen LogP contribution in [0, 0.1) is 11.8 Å². The number of piperazine rings is 1. The Morgan fingerprint density at radius 2 is 1.94 bits per heavy atom. The Hall–Kier alpha value is -0.0800. The normalized spacial score (nSPS) is 27.0. The first-order chi connectivity index (χ1) is 7.54. The lowest BCUT2D eigenvalue weighted by Gasteiger charge is -2.40. The summed E-state index contributed by atoms with van der Waals surface area (Å²) in [6.45, 7) is 15.3. The van der Waals surface area contributed by atoms with Crippen LogP contribution >= 0.6 is 0 Å². The fraction of sp³-hybridized carbons (Fsp3) is 1.00. The molecule has 3 unspecified atom stereocenters. The van der Waals surface area contributed by atoms with Crippen LogP contribution in [0.3, 0.4) is 0 Å². The van der Waals surface area contributed by atoms with E-state index in [1.54, 1.807) is 0 Å². The Morgan fingerprint density at radius 1 is 1.25 bits per heavy atom. The lowest BCUT2D eigenvalue weighted by Crippen LogP contribution is -2.55. The zero-order valence-corrected chi connectivity index (χ0v) is 11.8. The van der Waals surface area contributed by atoms with Crippen molar-refractivity contribution in [3.8, 4) is 0 Å². The van der Waals surface area contributed by atoms with Gasteiger partial charge < -0.3 is 5.32 Å². The van der Waals surface area contributed by atoms with E-state index in [2.05, 4.69) is 44.8 Å². The molecule has 1 saturated heterocycles. The van der Waals surface area contributed by atoms with Gasteiger partial charge in [0.25, 0.3) is 0 Å². The quantitative estimate of drug-likeness (QED) is 0.775. The van der Waals surface area contributed by atoms with Crippen LogP contribution in [0.2, 0.25) is 0 Å². The van der Waals surface area contributed by atoms with Gasteiger partial charge in [-0.2, -0.15) is 0 Å². The van der Waals surface area contributed by atoms with Gasteiger partial charge >= 0.3 is 0 Å². The first kappa shape index (κ1) is 14.0. The molecule has 2 heteroatoms. The van der Waals surface area contributed by atoms with Gasteiger partial charge in [-0.1, -0.05) is 34.1 Å². The van der Waals surface area contributed by atoms with Crippen LogP contribution in [0.4, 0.5) is 0 Å². The molecule has 1 rings (SSSR count). The molecule has 1 N–H and O–H groups in total. The Morgan fingerprint density at radius 3 is 2.50 bits per heavy atom. The molecule has 0 aliphatic carbocycles. The van der Waals surface area contributed by atoms with Crippen molar-refractivity contribution in [1.82, 2.24) is 10.2 Å². The van der Waals surface area contributed by atoms with Crippen LogP contribution < -0.4 is 5.32 Å². The van der Waals surface area contributed by atoms with E-state index in [-0.39, 0.29) is 0 Å². The summed E-state index contributed by atoms with van der Waals surface area (Å²) in [5.41, 5.74) is 0. The minimum atomic E-state index is 0.702. The van der Waals surface area contributed by atoms with Gasteiger partial charge in [-0.3, -0.25) is 4.90 Å². The summed E-state index contributed by atoms with van der Waals surface area (Å²) in [6, 6.07) is 1.45. The first-order valence-corrected chi connectivity index (χ1v) is 7.02. The van der Waals surface area contributed by atoms with Gasteiger partial charge in [-0.15, -0.1) is 0 Å². The third-order valence-electron chi connectivity index (χ3n) is 4.00. The SMILES string of the molecule is CCC(C)C1CN(C(C)CC(C)C)CCN1. The first-order valence-electron chi connectivity index (χ1n) is 7.02. The highest BCUT2D eigenvalue weighted by atomic mass is 15.2. The molecule has 0 aromatic rings. The van der Waals surface area contributed by atoms with Crippen LogP contribution in [0.15, 0.2) is 0 Å². The van der Waals surface area contributed by atoms with E-state index in [9.17, 15) is 0 Å². The second kappa shape index (κ2) is 6.61. The highest BCUT2D eigenvalue weighted by Crippen LogP contribution is 2.17. The molecule has 0 aromatic carbocycles. The smallest absolute Gasteiger partial charge is 0.0221 e. The molecule has 96 valence electrons. The zero-order chi connectivity index (χ0) is 12.1. The topological polar surface area (TPSA) is 15.3 Å². The summed E-state index contributed by atoms with van der Waals surface area (Å²) < 4.78 is 0. The third-order valence-corrected chi connectivity index (χ3v) is 4.00. The lowest BCUT2D eigenvalue weighted by atomic mass is 9.95. The maximum Gasteiger partial charge on any atom is 0.0221 e. The summed E-state index contributed by atoms with van der Waals surface area (Å²) in [6.07, 6.45) is 2.61. The molecule has 3 atom stereocenters. The molecular weight excluding hydrogens is 196 g/mol. The Kier molecular flexibility index (Phi) is 5.77. The molecule has 2 nitrogen and oxygen atoms in total. The second-order valence-electron chi connectivity index (χ2n) is 5.92. The van der Waals surface area contributed by atoms with E-state index in [4.69, 9.17) is 0 Å². The Labute approximate surface area is 102 Å². The van der Waals surface area contributed by atoms with Crippen molar-refractivity contribution < 1.29 is 0 Å². The molecule has 0 bridgehead atoms. The van der Waals surface area contributed by atoms with Crippen molar-refractivity contribution in [1.29, 1.82) is 0 Å². The predicted octanol–water partition coefficient (Wildman–Crippen LogP) is 2.74. The van der Waals surface area contributed by atoms with Crippen molar-refractivity contribution >= 4 is 0 Å². The highest BCUT2D eigenvalue weighted by molar-refractivity contribution is 4.84. The predicted molar refractivity (Wildman–Crippen MR) is 71.7 cm³/mol. The van der Waals surface area contributed by atoms with E-state index in [0.717, 1.165) is 24.4 Å². The van der Waals surface area contributed by atoms with E-state index in [1.807, 2.05) is 0 Å². The average Bonchev–Trinajstić information content (AvgIpc) is 2.27. The lowest BCUT2D eigenvalue weighted by molar-refractivity contribution is 0.118. The van der Waals surface area contributed by atoms with Crippen molar-refractivity contribution in [3.05, 3.63) is 0 Å². The summed E-state index contributed by atoms with van der Waals surface area (Å²) in [5.74, 6) is 1.61. The number of nitrogens with one attached hydrogen (secondary N) is 1. The van der Waals surface area contributed by atoms with Crippen LogP contribution in [-0.2, 0) is 0 Å². The second-order valence-corrected chi connectivity index (χ2v) is 5.92. The summed E-state index contributed by atoms with van der Waals surface area (Å²) in [4.78, 5) is 2.67. The zero-order valence-electron chi connectivity index (χ0n) is 11.8. The molecule has 1 fully saturated rings. The molecule has 1 aliphatic rings. The van der Waals surface area contributed by atoms with Gasteiger partial charge in [0.15, 0.2) is 0 Å². The van der Waals surface area contributed by atoms with Gasteiger partial charge in [0.2, 0.25) is 0 Å². The van der Waals surface area contributed by atoms with Crippen LogP contribution in [-0.4, -0.2) is 36.6 Å². The molecule has 1 aliphatic heterocycles. The number of hydrogen-bond donors (Lipinski definition) is 1. The average molecular weight is 226 g/mol. The Balaban J connectivity index is 2.43. The van der Waals surface area contributed by atoms with Gasteiger partial charge in [0, 0.05) is 31.7 Å². The molecule has 0 spiro atoms. The molecule has 1 heterocycles. The van der Waals surface area contributed by atoms with Gasteiger partial charge in [-0.25, -0.2) is 0 Å². The van der Waals surface area contributed by atoms with E-state index in [0.29, 0.717) is 6.04 Å². The van der Waals surface area contributed by atoms with Crippen molar-refractivity contribution in [3.63, 3.8) is 0 Å². The fourth-order valence-electron chi connectivity index (χ4n) is 2.70. The fourth-order valence-corrected chi connectivity index (χ4v) is 2.70. The van der Waals surface area contributed by atoms with Crippen LogP contribution in [0.1, 0.15) is 47.5 Å². The maximum atomic E-state index is 3.67. The number of rotatable bonds is 5. The maximum absolute atomic E-state index is 3.67. The minimum Gasteiger partial charge on any atom is -0.311 e. The largest absolute Gasteiger partial charge is 0.311 e. The molecule has 16 heavy (non-hydrogen) atoms. The third kappa shape index (κ3) is 4.06. The van der Waals surface area contributed by atoms with Crippen LogP contribution in [0.5, 0.6) is 0 Å². The van der Waals surface area contributed by atoms with E-state index < -0.39 is 0 Å². The Bertz CT molecular complexity index is 191.